The lowest BCUT2D eigenvalue weighted by molar-refractivity contribution is -0.143. The van der Waals surface area contributed by atoms with E-state index >= 15 is 0 Å². The number of nitrogens with zero attached hydrogens (tertiary/aromatic N) is 1. The number of carboxylic acid groups (broad SMARTS) is 2. The second-order valence-corrected chi connectivity index (χ2v) is 3.92. The van der Waals surface area contributed by atoms with Gasteiger partial charge in [0.05, 0.1) is 6.33 Å². The van der Waals surface area contributed by atoms with E-state index in [2.05, 4.69) is 9.97 Å². The van der Waals surface area contributed by atoms with Crippen LogP contribution in [0.25, 0.3) is 0 Å². The average Bonchev–Trinajstić information content (AvgIpc) is 2.82. The Labute approximate surface area is 109 Å². The number of hydrogen-bond acceptors (Lipinski definition) is 6. The summed E-state index contributed by atoms with van der Waals surface area (Å²) in [5.74, 6) is -2.17. The third-order valence-corrected chi connectivity index (χ3v) is 2.30. The van der Waals surface area contributed by atoms with E-state index in [1.165, 1.54) is 6.33 Å². The van der Waals surface area contributed by atoms with Gasteiger partial charge in [-0.1, -0.05) is 6.92 Å². The molecule has 0 aromatic carbocycles. The van der Waals surface area contributed by atoms with E-state index in [4.69, 9.17) is 27.4 Å². The molecular formula is C10H19N5O4. The molecule has 19 heavy (non-hydrogen) atoms. The Bertz CT molecular complexity index is 404. The third kappa shape index (κ3) is 6.50. The van der Waals surface area contributed by atoms with E-state index in [1.54, 1.807) is 13.1 Å². The van der Waals surface area contributed by atoms with Gasteiger partial charge < -0.3 is 32.4 Å². The zero-order valence-electron chi connectivity index (χ0n) is 10.5. The van der Waals surface area contributed by atoms with E-state index in [0.717, 1.165) is 5.69 Å². The summed E-state index contributed by atoms with van der Waals surface area (Å²) >= 11 is 0. The molecule has 0 fully saturated rings. The molecule has 0 amide bonds. The molecule has 9 N–H and O–H groups in total. The average molecular weight is 273 g/mol. The molecular weight excluding hydrogens is 254 g/mol. The summed E-state index contributed by atoms with van der Waals surface area (Å²) in [6.07, 6.45) is 3.57. The van der Waals surface area contributed by atoms with Crippen LogP contribution in [0.1, 0.15) is 19.0 Å². The topological polar surface area (TPSA) is 181 Å². The Morgan fingerprint density at radius 2 is 2.05 bits per heavy atom. The smallest absolute Gasteiger partial charge is 0.338 e. The Balaban J connectivity index is 0.000000362. The molecule has 0 aliphatic heterocycles. The highest BCUT2D eigenvalue weighted by Gasteiger charge is 2.25. The summed E-state index contributed by atoms with van der Waals surface area (Å²) in [6.45, 7) is 1.62. The van der Waals surface area contributed by atoms with Crippen molar-refractivity contribution in [1.82, 2.24) is 9.97 Å². The molecule has 1 atom stereocenters. The van der Waals surface area contributed by atoms with Gasteiger partial charge in [-0.05, 0) is 6.42 Å². The van der Waals surface area contributed by atoms with Gasteiger partial charge in [0.25, 0.3) is 0 Å². The lowest BCUT2D eigenvalue weighted by atomic mass is 10.1. The molecule has 9 nitrogen and oxygen atoms in total. The molecule has 0 saturated heterocycles. The highest BCUT2D eigenvalue weighted by molar-refractivity contribution is 5.77. The molecule has 1 rings (SSSR count). The number of aromatic nitrogens is 2. The van der Waals surface area contributed by atoms with Crippen molar-refractivity contribution in [3.63, 3.8) is 0 Å². The fourth-order valence-corrected chi connectivity index (χ4v) is 0.872. The molecule has 9 heteroatoms. The number of carboxylic acids is 2. The van der Waals surface area contributed by atoms with Crippen LogP contribution in [-0.4, -0.2) is 43.8 Å². The van der Waals surface area contributed by atoms with Gasteiger partial charge in [-0.3, -0.25) is 4.79 Å². The molecule has 0 aliphatic rings. The maximum absolute atomic E-state index is 10.3. The first-order valence-corrected chi connectivity index (χ1v) is 5.47. The normalized spacial score (nSPS) is 12.2. The molecule has 108 valence electrons. The number of aromatic amines is 1. The lowest BCUT2D eigenvalue weighted by Gasteiger charge is -2.14. The minimum absolute atomic E-state index is 0.238. The summed E-state index contributed by atoms with van der Waals surface area (Å²) in [5.41, 5.74) is 14.5. The fourth-order valence-electron chi connectivity index (χ4n) is 0.872. The molecule has 0 spiro atoms. The van der Waals surface area contributed by atoms with Crippen LogP contribution in [0.3, 0.4) is 0 Å². The first-order chi connectivity index (χ1) is 8.70. The van der Waals surface area contributed by atoms with Crippen LogP contribution in [0, 0.1) is 0 Å². The Hall–Kier alpha value is -1.97. The predicted molar refractivity (Wildman–Crippen MR) is 66.9 cm³/mol. The Morgan fingerprint density at radius 3 is 2.32 bits per heavy atom. The van der Waals surface area contributed by atoms with Crippen molar-refractivity contribution < 1.29 is 19.8 Å². The number of imidazole rings is 1. The van der Waals surface area contributed by atoms with Gasteiger partial charge in [-0.15, -0.1) is 0 Å². The number of rotatable bonds is 5. The van der Waals surface area contributed by atoms with Crippen LogP contribution in [0.2, 0.25) is 0 Å². The second kappa shape index (κ2) is 7.46. The molecule has 1 unspecified atom stereocenters. The third-order valence-electron chi connectivity index (χ3n) is 2.30. The van der Waals surface area contributed by atoms with Gasteiger partial charge >= 0.3 is 11.9 Å². The Kier molecular flexibility index (Phi) is 6.69. The first-order valence-electron chi connectivity index (χ1n) is 5.47. The maximum atomic E-state index is 10.3. The van der Waals surface area contributed by atoms with E-state index in [9.17, 15) is 9.59 Å². The van der Waals surface area contributed by atoms with Gasteiger partial charge in [0.15, 0.2) is 5.66 Å². The van der Waals surface area contributed by atoms with Crippen LogP contribution < -0.4 is 17.2 Å². The van der Waals surface area contributed by atoms with Crippen LogP contribution in [0.15, 0.2) is 12.5 Å². The molecule has 1 aromatic rings. The number of hydrogen-bond donors (Lipinski definition) is 6. The minimum atomic E-state index is -1.54. The molecule has 0 saturated carbocycles. The standard InChI is InChI=1S/C6H9N3O2.C4H10N2O2/c7-5(6(10)11)1-4-2-8-3-9-4;1-2-4(5,6)3(7)8/h2-3,5H,1,7H2,(H,8,9)(H,10,11);2,5-6H2,1H3,(H,7,8). The Morgan fingerprint density at radius 1 is 1.47 bits per heavy atom. The summed E-state index contributed by atoms with van der Waals surface area (Å²) < 4.78 is 0. The number of carbonyl (C=O) groups is 2. The molecule has 1 heterocycles. The summed E-state index contributed by atoms with van der Waals surface area (Å²) in [5, 5.41) is 16.6. The summed E-state index contributed by atoms with van der Waals surface area (Å²) in [6, 6.07) is -0.851. The van der Waals surface area contributed by atoms with Gasteiger partial charge in [-0.2, -0.15) is 0 Å². The summed E-state index contributed by atoms with van der Waals surface area (Å²) in [4.78, 5) is 26.8. The van der Waals surface area contributed by atoms with E-state index < -0.39 is 23.6 Å². The number of aliphatic carboxylic acids is 2. The monoisotopic (exact) mass is 273 g/mol. The maximum Gasteiger partial charge on any atom is 0.338 e. The number of nitrogens with two attached hydrogens (primary N) is 3. The molecule has 1 aromatic heterocycles. The van der Waals surface area contributed by atoms with Gasteiger partial charge in [-0.25, -0.2) is 9.78 Å². The van der Waals surface area contributed by atoms with Crippen molar-refractivity contribution in [2.24, 2.45) is 17.2 Å². The number of nitrogens with one attached hydrogen (secondary N) is 1. The fraction of sp³-hybridized carbons (Fsp3) is 0.500. The minimum Gasteiger partial charge on any atom is -0.480 e. The summed E-state index contributed by atoms with van der Waals surface area (Å²) in [7, 11) is 0. The van der Waals surface area contributed by atoms with Crippen LogP contribution in [0.5, 0.6) is 0 Å². The highest BCUT2D eigenvalue weighted by Crippen LogP contribution is 1.95. The van der Waals surface area contributed by atoms with Crippen molar-refractivity contribution >= 4 is 11.9 Å². The molecule has 0 radical (unpaired) electrons. The van der Waals surface area contributed by atoms with E-state index in [0.29, 0.717) is 0 Å². The van der Waals surface area contributed by atoms with Crippen LogP contribution in [-0.2, 0) is 16.0 Å². The largest absolute Gasteiger partial charge is 0.480 e. The van der Waals surface area contributed by atoms with E-state index in [-0.39, 0.29) is 12.8 Å². The number of H-pyrrole nitrogens is 1. The van der Waals surface area contributed by atoms with Crippen molar-refractivity contribution in [2.45, 2.75) is 31.5 Å². The second-order valence-electron chi connectivity index (χ2n) is 3.92. The molecule has 0 bridgehead atoms. The van der Waals surface area contributed by atoms with Gasteiger partial charge in [0.1, 0.15) is 6.04 Å². The lowest BCUT2D eigenvalue weighted by Crippen LogP contribution is -2.55. The zero-order chi connectivity index (χ0) is 15.1. The van der Waals surface area contributed by atoms with Crippen molar-refractivity contribution in [1.29, 1.82) is 0 Å². The van der Waals surface area contributed by atoms with Gasteiger partial charge in [0.2, 0.25) is 0 Å². The van der Waals surface area contributed by atoms with Gasteiger partial charge in [0, 0.05) is 18.3 Å². The van der Waals surface area contributed by atoms with Crippen LogP contribution in [0.4, 0.5) is 0 Å². The predicted octanol–water partition coefficient (Wildman–Crippen LogP) is -1.54. The molecule has 0 aliphatic carbocycles. The van der Waals surface area contributed by atoms with E-state index in [1.807, 2.05) is 0 Å². The quantitative estimate of drug-likeness (QED) is 0.349. The SMILES string of the molecule is CCC(N)(N)C(=O)O.NC(Cc1cnc[nH]1)C(=O)O. The van der Waals surface area contributed by atoms with Crippen molar-refractivity contribution in [3.05, 3.63) is 18.2 Å². The zero-order valence-corrected chi connectivity index (χ0v) is 10.5. The highest BCUT2D eigenvalue weighted by atomic mass is 16.4. The van der Waals surface area contributed by atoms with Crippen molar-refractivity contribution in [3.8, 4) is 0 Å². The first kappa shape index (κ1) is 17.0. The van der Waals surface area contributed by atoms with Crippen LogP contribution >= 0.6 is 0 Å². The van der Waals surface area contributed by atoms with Crippen molar-refractivity contribution in [2.75, 3.05) is 0 Å².